The molecule has 0 aromatic heterocycles. The van der Waals surface area contributed by atoms with Gasteiger partial charge in [0, 0.05) is 11.0 Å². The van der Waals surface area contributed by atoms with Gasteiger partial charge in [0.25, 0.3) is 0 Å². The molecule has 1 aliphatic carbocycles. The van der Waals surface area contributed by atoms with Crippen molar-refractivity contribution >= 4 is 27.8 Å². The lowest BCUT2D eigenvalue weighted by molar-refractivity contribution is 0.180. The zero-order valence-corrected chi connectivity index (χ0v) is 12.0. The number of halogens is 1. The van der Waals surface area contributed by atoms with Crippen LogP contribution in [0.25, 0.3) is 0 Å². The Morgan fingerprint density at radius 1 is 1.58 bits per heavy atom. The van der Waals surface area contributed by atoms with Gasteiger partial charge in [-0.05, 0) is 30.0 Å². The summed E-state index contributed by atoms with van der Waals surface area (Å²) < 4.78 is 1.06. The van der Waals surface area contributed by atoms with E-state index in [2.05, 4.69) is 27.5 Å². The van der Waals surface area contributed by atoms with Crippen molar-refractivity contribution in [2.45, 2.75) is 18.4 Å². The SMILES string of the molecule is C=CCN1C(=O)N=C(N)C12CCc1c(Br)cccc12. The van der Waals surface area contributed by atoms with Crippen LogP contribution in [0.4, 0.5) is 4.79 Å². The maximum Gasteiger partial charge on any atom is 0.346 e. The Morgan fingerprint density at radius 2 is 2.37 bits per heavy atom. The van der Waals surface area contributed by atoms with E-state index in [-0.39, 0.29) is 6.03 Å². The van der Waals surface area contributed by atoms with E-state index in [0.717, 1.165) is 22.9 Å². The van der Waals surface area contributed by atoms with Crippen molar-refractivity contribution in [3.05, 3.63) is 46.5 Å². The molecule has 3 rings (SSSR count). The van der Waals surface area contributed by atoms with E-state index in [1.54, 1.807) is 11.0 Å². The van der Waals surface area contributed by atoms with Crippen molar-refractivity contribution in [3.63, 3.8) is 0 Å². The summed E-state index contributed by atoms with van der Waals surface area (Å²) in [5.41, 5.74) is 7.80. The maximum absolute atomic E-state index is 12.0. The molecule has 5 heteroatoms. The van der Waals surface area contributed by atoms with Gasteiger partial charge in [0.05, 0.1) is 0 Å². The van der Waals surface area contributed by atoms with Crippen LogP contribution < -0.4 is 5.73 Å². The molecule has 19 heavy (non-hydrogen) atoms. The number of carbonyl (C=O) groups is 1. The lowest BCUT2D eigenvalue weighted by Gasteiger charge is -2.34. The summed E-state index contributed by atoms with van der Waals surface area (Å²) in [4.78, 5) is 17.7. The summed E-state index contributed by atoms with van der Waals surface area (Å²) in [7, 11) is 0. The van der Waals surface area contributed by atoms with Crippen LogP contribution in [-0.4, -0.2) is 23.3 Å². The van der Waals surface area contributed by atoms with Crippen molar-refractivity contribution in [2.75, 3.05) is 6.54 Å². The van der Waals surface area contributed by atoms with Crippen molar-refractivity contribution in [1.29, 1.82) is 0 Å². The number of nitrogens with zero attached hydrogens (tertiary/aromatic N) is 2. The molecule has 0 saturated carbocycles. The Kier molecular flexibility index (Phi) is 2.74. The molecule has 1 heterocycles. The molecule has 98 valence electrons. The lowest BCUT2D eigenvalue weighted by Crippen LogP contribution is -2.50. The van der Waals surface area contributed by atoms with Gasteiger partial charge in [-0.1, -0.05) is 34.1 Å². The molecule has 0 radical (unpaired) electrons. The molecule has 2 aliphatic rings. The number of aliphatic imine (C=N–C) groups is 1. The highest BCUT2D eigenvalue weighted by Crippen LogP contribution is 2.46. The van der Waals surface area contributed by atoms with Gasteiger partial charge in [-0.2, -0.15) is 4.99 Å². The first kappa shape index (κ1) is 12.4. The Labute approximate surface area is 120 Å². The number of amidine groups is 1. The summed E-state index contributed by atoms with van der Waals surface area (Å²) in [6, 6.07) is 5.74. The molecule has 1 atom stereocenters. The van der Waals surface area contributed by atoms with Gasteiger partial charge in [-0.25, -0.2) is 4.79 Å². The van der Waals surface area contributed by atoms with Crippen LogP contribution in [0.15, 0.2) is 40.3 Å². The summed E-state index contributed by atoms with van der Waals surface area (Å²) in [6.45, 7) is 4.17. The molecule has 1 aliphatic heterocycles. The molecule has 1 spiro atoms. The molecular formula is C14H14BrN3O. The third-order valence-electron chi connectivity index (χ3n) is 3.94. The summed E-state index contributed by atoms with van der Waals surface area (Å²) in [5, 5.41) is 0. The highest BCUT2D eigenvalue weighted by Gasteiger charge is 2.53. The van der Waals surface area contributed by atoms with Gasteiger partial charge in [-0.15, -0.1) is 6.58 Å². The zero-order valence-electron chi connectivity index (χ0n) is 10.4. The number of carbonyl (C=O) groups excluding carboxylic acids is 1. The largest absolute Gasteiger partial charge is 0.385 e. The van der Waals surface area contributed by atoms with Gasteiger partial charge in [0.2, 0.25) is 0 Å². The molecule has 1 unspecified atom stereocenters. The fraction of sp³-hybridized carbons (Fsp3) is 0.286. The Bertz CT molecular complexity index is 611. The Balaban J connectivity index is 2.20. The molecule has 4 nitrogen and oxygen atoms in total. The highest BCUT2D eigenvalue weighted by atomic mass is 79.9. The highest BCUT2D eigenvalue weighted by molar-refractivity contribution is 9.10. The molecular weight excluding hydrogens is 306 g/mol. The fourth-order valence-electron chi connectivity index (χ4n) is 3.11. The van der Waals surface area contributed by atoms with E-state index in [9.17, 15) is 4.79 Å². The van der Waals surface area contributed by atoms with Crippen molar-refractivity contribution < 1.29 is 4.79 Å². The predicted octanol–water partition coefficient (Wildman–Crippen LogP) is 2.57. The second-order valence-electron chi connectivity index (χ2n) is 4.81. The van der Waals surface area contributed by atoms with Crippen LogP contribution in [0.3, 0.4) is 0 Å². The van der Waals surface area contributed by atoms with Crippen LogP contribution in [0.1, 0.15) is 17.5 Å². The summed E-state index contributed by atoms with van der Waals surface area (Å²) in [6.07, 6.45) is 3.37. The van der Waals surface area contributed by atoms with Crippen LogP contribution in [-0.2, 0) is 12.0 Å². The average Bonchev–Trinajstić information content (AvgIpc) is 2.87. The second-order valence-corrected chi connectivity index (χ2v) is 5.66. The molecule has 1 aromatic carbocycles. The number of nitrogens with two attached hydrogens (primary N) is 1. The maximum atomic E-state index is 12.0. The predicted molar refractivity (Wildman–Crippen MR) is 78.1 cm³/mol. The quantitative estimate of drug-likeness (QED) is 0.852. The van der Waals surface area contributed by atoms with E-state index in [0.29, 0.717) is 12.4 Å². The molecule has 0 saturated heterocycles. The molecule has 0 fully saturated rings. The number of hydrogen-bond acceptors (Lipinski definition) is 2. The van der Waals surface area contributed by atoms with E-state index in [4.69, 9.17) is 5.73 Å². The molecule has 1 aromatic rings. The monoisotopic (exact) mass is 319 g/mol. The zero-order chi connectivity index (χ0) is 13.6. The third kappa shape index (κ3) is 1.51. The number of benzene rings is 1. The lowest BCUT2D eigenvalue weighted by atomic mass is 9.89. The number of urea groups is 1. The first-order valence-corrected chi connectivity index (χ1v) is 6.95. The van der Waals surface area contributed by atoms with Gasteiger partial charge in [-0.3, -0.25) is 0 Å². The van der Waals surface area contributed by atoms with E-state index >= 15 is 0 Å². The standard InChI is InChI=1S/C14H14BrN3O/c1-2-8-18-13(19)17-12(16)14(18)7-6-9-10(14)4-3-5-11(9)15/h2-5H,1,6-8H2,(H2,16,17,19). The number of fused-ring (bicyclic) bond motifs is 2. The molecule has 2 N–H and O–H groups in total. The summed E-state index contributed by atoms with van der Waals surface area (Å²) in [5.74, 6) is 0.399. The van der Waals surface area contributed by atoms with Crippen LogP contribution >= 0.6 is 15.9 Å². The number of hydrogen-bond donors (Lipinski definition) is 1. The van der Waals surface area contributed by atoms with E-state index in [1.807, 2.05) is 18.2 Å². The normalized spacial score (nSPS) is 24.8. The van der Waals surface area contributed by atoms with Gasteiger partial charge in [0.1, 0.15) is 11.4 Å². The topological polar surface area (TPSA) is 58.7 Å². The van der Waals surface area contributed by atoms with E-state index in [1.165, 1.54) is 5.56 Å². The smallest absolute Gasteiger partial charge is 0.346 e. The average molecular weight is 320 g/mol. The minimum Gasteiger partial charge on any atom is -0.385 e. The molecule has 0 bridgehead atoms. The molecule has 2 amide bonds. The number of rotatable bonds is 2. The fourth-order valence-corrected chi connectivity index (χ4v) is 3.67. The third-order valence-corrected chi connectivity index (χ3v) is 4.69. The van der Waals surface area contributed by atoms with Crippen LogP contribution in [0.2, 0.25) is 0 Å². The van der Waals surface area contributed by atoms with Gasteiger partial charge in [0.15, 0.2) is 0 Å². The second kappa shape index (κ2) is 4.20. The van der Waals surface area contributed by atoms with E-state index < -0.39 is 5.54 Å². The van der Waals surface area contributed by atoms with Crippen molar-refractivity contribution in [3.8, 4) is 0 Å². The first-order chi connectivity index (χ1) is 9.11. The Hall–Kier alpha value is -1.62. The van der Waals surface area contributed by atoms with Crippen LogP contribution in [0.5, 0.6) is 0 Å². The van der Waals surface area contributed by atoms with Crippen molar-refractivity contribution in [1.82, 2.24) is 4.90 Å². The number of amides is 2. The first-order valence-electron chi connectivity index (χ1n) is 6.16. The van der Waals surface area contributed by atoms with Crippen molar-refractivity contribution in [2.24, 2.45) is 10.7 Å². The minimum atomic E-state index is -0.579. The van der Waals surface area contributed by atoms with Gasteiger partial charge >= 0.3 is 6.03 Å². The Morgan fingerprint density at radius 3 is 3.11 bits per heavy atom. The minimum absolute atomic E-state index is 0.273. The van der Waals surface area contributed by atoms with Gasteiger partial charge < -0.3 is 10.6 Å². The summed E-state index contributed by atoms with van der Waals surface area (Å²) >= 11 is 3.57. The van der Waals surface area contributed by atoms with Crippen LogP contribution in [0, 0.1) is 0 Å².